The fraction of sp³-hybridized carbons (Fsp3) is 0.211. The summed E-state index contributed by atoms with van der Waals surface area (Å²) in [5.74, 6) is -0.105. The largest absolute Gasteiger partial charge is 0.478 e. The first-order valence-electron chi connectivity index (χ1n) is 8.06. The number of carbonyl (C=O) groups excluding carboxylic acids is 1. The van der Waals surface area contributed by atoms with Crippen molar-refractivity contribution < 1.29 is 14.5 Å². The fourth-order valence-corrected chi connectivity index (χ4v) is 3.53. The molecule has 2 aromatic heterocycles. The second-order valence-electron chi connectivity index (χ2n) is 5.89. The molecule has 0 unspecified atom stereocenters. The van der Waals surface area contributed by atoms with E-state index in [2.05, 4.69) is 10.6 Å². The van der Waals surface area contributed by atoms with Crippen molar-refractivity contribution in [2.75, 3.05) is 6.61 Å². The lowest BCUT2D eigenvalue weighted by molar-refractivity contribution is -0.385. The number of thiophene rings is 1. The molecule has 0 bridgehead atoms. The number of hydrogen-bond acceptors (Lipinski definition) is 5. The molecule has 3 aromatic rings. The summed E-state index contributed by atoms with van der Waals surface area (Å²) in [6.07, 6.45) is 0. The first kappa shape index (κ1) is 17.9. The Bertz CT molecular complexity index is 945. The van der Waals surface area contributed by atoms with Gasteiger partial charge in [0.05, 0.1) is 11.5 Å². The third-order valence-corrected chi connectivity index (χ3v) is 5.05. The summed E-state index contributed by atoms with van der Waals surface area (Å²) < 4.78 is 7.51. The Balaban J connectivity index is 1.76. The van der Waals surface area contributed by atoms with E-state index in [-0.39, 0.29) is 23.8 Å². The van der Waals surface area contributed by atoms with Crippen LogP contribution in [0.1, 0.15) is 26.6 Å². The quantitative estimate of drug-likeness (QED) is 0.351. The monoisotopic (exact) mass is 370 g/mol. The molecule has 0 spiro atoms. The molecule has 1 aromatic carbocycles. The lowest BCUT2D eigenvalue weighted by Crippen LogP contribution is -2.13. The van der Waals surface area contributed by atoms with Gasteiger partial charge in [0.25, 0.3) is 0 Å². The molecule has 0 saturated carbocycles. The van der Waals surface area contributed by atoms with Crippen molar-refractivity contribution in [1.29, 1.82) is 0 Å². The molecule has 7 heteroatoms. The Kier molecular flexibility index (Phi) is 5.18. The van der Waals surface area contributed by atoms with E-state index in [0.29, 0.717) is 12.1 Å². The summed E-state index contributed by atoms with van der Waals surface area (Å²) >= 11 is 1.67. The smallest absolute Gasteiger partial charge is 0.310 e. The molecule has 0 aliphatic carbocycles. The van der Waals surface area contributed by atoms with Gasteiger partial charge in [0.1, 0.15) is 0 Å². The van der Waals surface area contributed by atoms with Gasteiger partial charge in [-0.15, -0.1) is 11.3 Å². The van der Waals surface area contributed by atoms with Gasteiger partial charge in [0, 0.05) is 27.9 Å². The lowest BCUT2D eigenvalue weighted by Gasteiger charge is -2.09. The number of rotatable bonds is 7. The number of hydrogen-bond donors (Lipinski definition) is 0. The fourth-order valence-electron chi connectivity index (χ4n) is 2.84. The minimum absolute atomic E-state index is 0.0956. The maximum absolute atomic E-state index is 12.6. The Labute approximate surface area is 154 Å². The van der Waals surface area contributed by atoms with Gasteiger partial charge in [-0.25, -0.2) is 0 Å². The molecule has 0 radical (unpaired) electrons. The molecular weight excluding hydrogens is 352 g/mol. The van der Waals surface area contributed by atoms with Gasteiger partial charge in [-0.05, 0) is 37.4 Å². The van der Waals surface area contributed by atoms with E-state index < -0.39 is 4.92 Å². The van der Waals surface area contributed by atoms with E-state index in [4.69, 9.17) is 4.74 Å². The highest BCUT2D eigenvalue weighted by Gasteiger charge is 2.19. The number of nitro benzene ring substituents is 1. The van der Waals surface area contributed by atoms with E-state index in [1.807, 2.05) is 31.4 Å². The van der Waals surface area contributed by atoms with Crippen molar-refractivity contribution in [3.8, 4) is 5.75 Å². The number of ether oxygens (including phenoxy) is 1. The van der Waals surface area contributed by atoms with E-state index in [1.54, 1.807) is 23.5 Å². The zero-order valence-corrected chi connectivity index (χ0v) is 15.3. The minimum Gasteiger partial charge on any atom is -0.478 e. The Morgan fingerprint density at radius 1 is 1.23 bits per heavy atom. The minimum atomic E-state index is -0.521. The highest BCUT2D eigenvalue weighted by molar-refractivity contribution is 7.09. The number of benzene rings is 1. The summed E-state index contributed by atoms with van der Waals surface area (Å²) in [6, 6.07) is 11.9. The zero-order valence-electron chi connectivity index (χ0n) is 14.5. The van der Waals surface area contributed by atoms with Gasteiger partial charge in [-0.2, -0.15) is 0 Å². The van der Waals surface area contributed by atoms with Crippen LogP contribution in [0.4, 0.5) is 5.69 Å². The summed E-state index contributed by atoms with van der Waals surface area (Å²) in [7, 11) is 0. The molecule has 134 valence electrons. The molecule has 0 aliphatic rings. The van der Waals surface area contributed by atoms with Crippen molar-refractivity contribution in [3.05, 3.63) is 79.8 Å². The van der Waals surface area contributed by atoms with Crippen LogP contribution in [0.25, 0.3) is 0 Å². The van der Waals surface area contributed by atoms with Crippen LogP contribution in [0.5, 0.6) is 5.75 Å². The van der Waals surface area contributed by atoms with Crippen LogP contribution < -0.4 is 4.74 Å². The van der Waals surface area contributed by atoms with E-state index in [9.17, 15) is 14.9 Å². The molecule has 0 amide bonds. The molecule has 0 saturated heterocycles. The number of aromatic nitrogens is 1. The highest BCUT2D eigenvalue weighted by atomic mass is 32.1. The number of para-hydroxylation sites is 2. The molecule has 0 aliphatic heterocycles. The number of nitrogens with zero attached hydrogens (tertiary/aromatic N) is 2. The summed E-state index contributed by atoms with van der Waals surface area (Å²) in [4.78, 5) is 24.3. The van der Waals surface area contributed by atoms with E-state index in [0.717, 1.165) is 11.4 Å². The number of Topliss-reactive ketones (excluding diaryl/α,β-unsaturated/α-hetero) is 1. The Morgan fingerprint density at radius 3 is 2.69 bits per heavy atom. The SMILES string of the molecule is Cc1cc(C(=O)COc2ccccc2[N+](=O)[O-])c(C)n1Cc1cccs1. The summed E-state index contributed by atoms with van der Waals surface area (Å²) in [5, 5.41) is 13.1. The Morgan fingerprint density at radius 2 is 2.00 bits per heavy atom. The second-order valence-corrected chi connectivity index (χ2v) is 6.92. The summed E-state index contributed by atoms with van der Waals surface area (Å²) in [5.41, 5.74) is 2.29. The molecule has 6 nitrogen and oxygen atoms in total. The normalized spacial score (nSPS) is 10.7. The predicted octanol–water partition coefficient (Wildman–Crippen LogP) is 4.38. The van der Waals surface area contributed by atoms with E-state index in [1.165, 1.54) is 17.0 Å². The van der Waals surface area contributed by atoms with Gasteiger partial charge in [0.15, 0.2) is 12.4 Å². The number of nitro groups is 1. The van der Waals surface area contributed by atoms with Crippen LogP contribution in [0, 0.1) is 24.0 Å². The lowest BCUT2D eigenvalue weighted by atomic mass is 10.1. The van der Waals surface area contributed by atoms with Gasteiger partial charge in [-0.3, -0.25) is 14.9 Å². The third-order valence-electron chi connectivity index (χ3n) is 4.19. The van der Waals surface area contributed by atoms with Crippen molar-refractivity contribution in [1.82, 2.24) is 4.57 Å². The molecule has 3 rings (SSSR count). The van der Waals surface area contributed by atoms with Crippen LogP contribution in [0.15, 0.2) is 47.8 Å². The number of ketones is 1. The maximum atomic E-state index is 12.6. The molecule has 0 fully saturated rings. The highest BCUT2D eigenvalue weighted by Crippen LogP contribution is 2.26. The van der Waals surface area contributed by atoms with Crippen molar-refractivity contribution >= 4 is 22.8 Å². The van der Waals surface area contributed by atoms with Gasteiger partial charge < -0.3 is 9.30 Å². The number of aryl methyl sites for hydroxylation is 1. The average molecular weight is 370 g/mol. The van der Waals surface area contributed by atoms with Crippen molar-refractivity contribution in [2.45, 2.75) is 20.4 Å². The predicted molar refractivity (Wildman–Crippen MR) is 100 cm³/mol. The first-order chi connectivity index (χ1) is 12.5. The van der Waals surface area contributed by atoms with Crippen LogP contribution in [-0.4, -0.2) is 21.9 Å². The van der Waals surface area contributed by atoms with Crippen molar-refractivity contribution in [2.24, 2.45) is 0 Å². The molecule has 2 heterocycles. The molecule has 0 atom stereocenters. The molecule has 26 heavy (non-hydrogen) atoms. The van der Waals surface area contributed by atoms with E-state index >= 15 is 0 Å². The Hall–Kier alpha value is -2.93. The van der Waals surface area contributed by atoms with Gasteiger partial charge in [-0.1, -0.05) is 18.2 Å². The standard InChI is InChI=1S/C19H18N2O4S/c1-13-10-16(14(2)20(13)11-15-6-5-9-26-15)18(22)12-25-19-8-4-3-7-17(19)21(23)24/h3-10H,11-12H2,1-2H3. The van der Waals surface area contributed by atoms with Crippen molar-refractivity contribution in [3.63, 3.8) is 0 Å². The van der Waals surface area contributed by atoms with Crippen LogP contribution >= 0.6 is 11.3 Å². The molecule has 0 N–H and O–H groups in total. The molecular formula is C19H18N2O4S. The zero-order chi connectivity index (χ0) is 18.7. The third kappa shape index (κ3) is 3.67. The first-order valence-corrected chi connectivity index (χ1v) is 8.94. The van der Waals surface area contributed by atoms with Gasteiger partial charge in [0.2, 0.25) is 5.78 Å². The number of carbonyl (C=O) groups is 1. The average Bonchev–Trinajstić information content (AvgIpc) is 3.23. The topological polar surface area (TPSA) is 74.4 Å². The second kappa shape index (κ2) is 7.53. The van der Waals surface area contributed by atoms with Crippen LogP contribution in [0.3, 0.4) is 0 Å². The van der Waals surface area contributed by atoms with Crippen LogP contribution in [-0.2, 0) is 6.54 Å². The van der Waals surface area contributed by atoms with Crippen LogP contribution in [0.2, 0.25) is 0 Å². The van der Waals surface area contributed by atoms with Gasteiger partial charge >= 0.3 is 5.69 Å². The summed E-state index contributed by atoms with van der Waals surface area (Å²) in [6.45, 7) is 4.33. The maximum Gasteiger partial charge on any atom is 0.310 e.